The summed E-state index contributed by atoms with van der Waals surface area (Å²) >= 11 is 0. The average molecular weight is 300 g/mol. The van der Waals surface area contributed by atoms with Crippen molar-refractivity contribution in [3.63, 3.8) is 0 Å². The molecule has 1 heterocycles. The lowest BCUT2D eigenvalue weighted by atomic mass is 10.2. The third kappa shape index (κ3) is 3.60. The van der Waals surface area contributed by atoms with E-state index in [2.05, 4.69) is 4.98 Å². The molecular weight excluding hydrogens is 284 g/mol. The Labute approximate surface area is 128 Å². The Morgan fingerprint density at radius 1 is 1.18 bits per heavy atom. The van der Waals surface area contributed by atoms with E-state index in [-0.39, 0.29) is 24.5 Å². The van der Waals surface area contributed by atoms with Gasteiger partial charge in [0.05, 0.1) is 5.69 Å². The van der Waals surface area contributed by atoms with Gasteiger partial charge in [-0.05, 0) is 24.6 Å². The number of ether oxygens (including phenoxy) is 1. The highest BCUT2D eigenvalue weighted by molar-refractivity contribution is 5.98. The van der Waals surface area contributed by atoms with Gasteiger partial charge in [-0.1, -0.05) is 30.3 Å². The number of anilines is 1. The number of nitrogens with zero attached hydrogens (tertiary/aromatic N) is 2. The minimum Gasteiger partial charge on any atom is -0.476 e. The van der Waals surface area contributed by atoms with Gasteiger partial charge in [-0.3, -0.25) is 4.90 Å². The summed E-state index contributed by atoms with van der Waals surface area (Å²) in [7, 11) is 0. The molecule has 114 valence electrons. The predicted octanol–water partition coefficient (Wildman–Crippen LogP) is 2.94. The summed E-state index contributed by atoms with van der Waals surface area (Å²) in [5.41, 5.74) is 0.896. The second-order valence-electron chi connectivity index (χ2n) is 4.46. The van der Waals surface area contributed by atoms with Gasteiger partial charge in [-0.15, -0.1) is 0 Å². The molecule has 0 fully saturated rings. The number of rotatable bonds is 5. The van der Waals surface area contributed by atoms with Gasteiger partial charge in [0.1, 0.15) is 6.61 Å². The summed E-state index contributed by atoms with van der Waals surface area (Å²) in [6.45, 7) is 2.14. The normalized spacial score (nSPS) is 10.0. The Kier molecular flexibility index (Phi) is 5.08. The number of hydrogen-bond donors (Lipinski definition) is 1. The molecule has 0 bridgehead atoms. The highest BCUT2D eigenvalue weighted by atomic mass is 16.6. The number of amides is 1. The maximum atomic E-state index is 12.2. The zero-order valence-corrected chi connectivity index (χ0v) is 12.1. The van der Waals surface area contributed by atoms with Gasteiger partial charge in [0.15, 0.2) is 5.69 Å². The first-order valence-electron chi connectivity index (χ1n) is 6.80. The molecule has 22 heavy (non-hydrogen) atoms. The van der Waals surface area contributed by atoms with E-state index in [1.165, 1.54) is 17.2 Å². The van der Waals surface area contributed by atoms with Crippen LogP contribution in [0.1, 0.15) is 23.0 Å². The lowest BCUT2D eigenvalue weighted by Crippen LogP contribution is -2.32. The molecule has 2 aromatic rings. The summed E-state index contributed by atoms with van der Waals surface area (Å²) in [4.78, 5) is 28.5. The number of aromatic nitrogens is 1. The predicted molar refractivity (Wildman–Crippen MR) is 80.8 cm³/mol. The molecule has 0 saturated heterocycles. The quantitative estimate of drug-likeness (QED) is 0.918. The lowest BCUT2D eigenvalue weighted by molar-refractivity contribution is 0.0691. The Balaban J connectivity index is 2.14. The first-order valence-corrected chi connectivity index (χ1v) is 6.80. The zero-order chi connectivity index (χ0) is 15.9. The van der Waals surface area contributed by atoms with Gasteiger partial charge in [0, 0.05) is 12.7 Å². The fraction of sp³-hybridized carbons (Fsp3) is 0.188. The minimum absolute atomic E-state index is 0.124. The van der Waals surface area contributed by atoms with Crippen molar-refractivity contribution in [3.05, 3.63) is 59.9 Å². The first kappa shape index (κ1) is 15.5. The topological polar surface area (TPSA) is 79.7 Å². The molecule has 1 N–H and O–H groups in total. The molecule has 1 aromatic carbocycles. The molecule has 0 unspecified atom stereocenters. The number of carboxylic acids is 1. The largest absolute Gasteiger partial charge is 0.476 e. The van der Waals surface area contributed by atoms with Gasteiger partial charge >= 0.3 is 12.1 Å². The van der Waals surface area contributed by atoms with E-state index in [1.54, 1.807) is 13.0 Å². The van der Waals surface area contributed by atoms with Gasteiger partial charge in [0.25, 0.3) is 0 Å². The molecule has 1 aromatic heterocycles. The highest BCUT2D eigenvalue weighted by Crippen LogP contribution is 2.19. The fourth-order valence-corrected chi connectivity index (χ4v) is 1.97. The second-order valence-corrected chi connectivity index (χ2v) is 4.46. The van der Waals surface area contributed by atoms with Crippen molar-refractivity contribution in [2.45, 2.75) is 13.5 Å². The van der Waals surface area contributed by atoms with Crippen molar-refractivity contribution in [2.24, 2.45) is 0 Å². The third-order valence-electron chi connectivity index (χ3n) is 3.02. The van der Waals surface area contributed by atoms with Gasteiger partial charge in [-0.25, -0.2) is 14.6 Å². The summed E-state index contributed by atoms with van der Waals surface area (Å²) in [6.07, 6.45) is 0.762. The molecule has 0 radical (unpaired) electrons. The highest BCUT2D eigenvalue weighted by Gasteiger charge is 2.22. The second kappa shape index (κ2) is 7.21. The molecule has 6 heteroatoms. The van der Waals surface area contributed by atoms with E-state index >= 15 is 0 Å². The maximum Gasteiger partial charge on any atom is 0.414 e. The number of hydrogen-bond acceptors (Lipinski definition) is 4. The average Bonchev–Trinajstić information content (AvgIpc) is 2.55. The van der Waals surface area contributed by atoms with Crippen LogP contribution >= 0.6 is 0 Å². The van der Waals surface area contributed by atoms with Crippen LogP contribution in [0.25, 0.3) is 0 Å². The molecular formula is C16H16N2O4. The SMILES string of the molecule is CCN(C(=O)OCc1ccccc1)c1cccnc1C(=O)O. The molecule has 0 aliphatic heterocycles. The number of carboxylic acid groups (broad SMARTS) is 1. The van der Waals surface area contributed by atoms with E-state index in [0.717, 1.165) is 5.56 Å². The van der Waals surface area contributed by atoms with Crippen molar-refractivity contribution in [3.8, 4) is 0 Å². The Hall–Kier alpha value is -2.89. The van der Waals surface area contributed by atoms with Crippen molar-refractivity contribution < 1.29 is 19.4 Å². The first-order chi connectivity index (χ1) is 10.6. The van der Waals surface area contributed by atoms with Crippen LogP contribution < -0.4 is 4.90 Å². The van der Waals surface area contributed by atoms with Crippen LogP contribution in [0.15, 0.2) is 48.7 Å². The standard InChI is InChI=1S/C16H16N2O4/c1-2-18(13-9-6-10-17-14(13)15(19)20)16(21)22-11-12-7-4-3-5-8-12/h3-10H,2,11H2,1H3,(H,19,20). The van der Waals surface area contributed by atoms with E-state index in [4.69, 9.17) is 9.84 Å². The van der Waals surface area contributed by atoms with Crippen molar-refractivity contribution in [1.82, 2.24) is 4.98 Å². The number of aromatic carboxylic acids is 1. The van der Waals surface area contributed by atoms with Crippen LogP contribution in [0.3, 0.4) is 0 Å². The van der Waals surface area contributed by atoms with Gasteiger partial charge < -0.3 is 9.84 Å². The molecule has 0 aliphatic carbocycles. The molecule has 0 spiro atoms. The van der Waals surface area contributed by atoms with E-state index in [0.29, 0.717) is 0 Å². The smallest absolute Gasteiger partial charge is 0.414 e. The van der Waals surface area contributed by atoms with Crippen LogP contribution in [0, 0.1) is 0 Å². The Morgan fingerprint density at radius 3 is 2.55 bits per heavy atom. The Morgan fingerprint density at radius 2 is 1.91 bits per heavy atom. The molecule has 0 aliphatic rings. The van der Waals surface area contributed by atoms with Crippen molar-refractivity contribution in [1.29, 1.82) is 0 Å². The summed E-state index contributed by atoms with van der Waals surface area (Å²) < 4.78 is 5.24. The van der Waals surface area contributed by atoms with Crippen molar-refractivity contribution >= 4 is 17.7 Å². The minimum atomic E-state index is -1.19. The molecule has 0 saturated carbocycles. The zero-order valence-electron chi connectivity index (χ0n) is 12.1. The van der Waals surface area contributed by atoms with Crippen LogP contribution in [-0.4, -0.2) is 28.7 Å². The molecule has 2 rings (SSSR count). The maximum absolute atomic E-state index is 12.2. The lowest BCUT2D eigenvalue weighted by Gasteiger charge is -2.21. The summed E-state index contributed by atoms with van der Waals surface area (Å²) in [5, 5.41) is 9.16. The van der Waals surface area contributed by atoms with Crippen LogP contribution in [0.2, 0.25) is 0 Å². The molecule has 6 nitrogen and oxygen atoms in total. The monoisotopic (exact) mass is 300 g/mol. The van der Waals surface area contributed by atoms with Crippen LogP contribution in [-0.2, 0) is 11.3 Å². The Bertz CT molecular complexity index is 658. The fourth-order valence-electron chi connectivity index (χ4n) is 1.97. The van der Waals surface area contributed by atoms with Crippen LogP contribution in [0.4, 0.5) is 10.5 Å². The molecule has 1 amide bonds. The summed E-state index contributed by atoms with van der Waals surface area (Å²) in [6, 6.07) is 12.4. The number of carbonyl (C=O) groups excluding carboxylic acids is 1. The van der Waals surface area contributed by atoms with E-state index < -0.39 is 12.1 Å². The van der Waals surface area contributed by atoms with Crippen LogP contribution in [0.5, 0.6) is 0 Å². The number of pyridine rings is 1. The van der Waals surface area contributed by atoms with E-state index in [1.807, 2.05) is 30.3 Å². The summed E-state index contributed by atoms with van der Waals surface area (Å²) in [5.74, 6) is -1.19. The number of carbonyl (C=O) groups is 2. The third-order valence-corrected chi connectivity index (χ3v) is 3.02. The van der Waals surface area contributed by atoms with Gasteiger partial charge in [0.2, 0.25) is 0 Å². The van der Waals surface area contributed by atoms with Crippen molar-refractivity contribution in [2.75, 3.05) is 11.4 Å². The molecule has 0 atom stereocenters. The van der Waals surface area contributed by atoms with E-state index in [9.17, 15) is 9.59 Å². The number of benzene rings is 1. The van der Waals surface area contributed by atoms with Gasteiger partial charge in [-0.2, -0.15) is 0 Å².